The monoisotopic (exact) mass is 234 g/mol. The van der Waals surface area contributed by atoms with Crippen LogP contribution in [0.2, 0.25) is 0 Å². The van der Waals surface area contributed by atoms with Crippen molar-refractivity contribution in [2.45, 2.75) is 0 Å². The van der Waals surface area contributed by atoms with Gasteiger partial charge in [-0.1, -0.05) is 11.1 Å². The van der Waals surface area contributed by atoms with Crippen LogP contribution in [0.3, 0.4) is 0 Å². The van der Waals surface area contributed by atoms with Crippen LogP contribution < -0.4 is 29.6 Å². The average Bonchev–Trinajstić information content (AvgIpc) is 2.09. The van der Waals surface area contributed by atoms with Gasteiger partial charge in [0, 0.05) is 12.9 Å². The summed E-state index contributed by atoms with van der Waals surface area (Å²) in [6.45, 7) is 2.21. The van der Waals surface area contributed by atoms with Gasteiger partial charge in [0.1, 0.15) is 0 Å². The van der Waals surface area contributed by atoms with Crippen LogP contribution in [0.1, 0.15) is 0 Å². The predicted octanol–water partition coefficient (Wildman–Crippen LogP) is -3.45. The van der Waals surface area contributed by atoms with Crippen molar-refractivity contribution in [3.8, 4) is 0 Å². The molecule has 0 spiro atoms. The van der Waals surface area contributed by atoms with Crippen LogP contribution >= 0.6 is 0 Å². The average molecular weight is 234 g/mol. The van der Waals surface area contributed by atoms with Gasteiger partial charge in [-0.05, 0) is 0 Å². The van der Waals surface area contributed by atoms with Crippen LogP contribution in [0, 0.1) is 0 Å². The van der Waals surface area contributed by atoms with E-state index < -0.39 is 11.1 Å². The molecule has 0 aliphatic rings. The molecule has 0 bridgehead atoms. The first-order chi connectivity index (χ1) is 6.27. The molecule has 1 unspecified atom stereocenters. The van der Waals surface area contributed by atoms with Crippen LogP contribution in [-0.4, -0.2) is 54.7 Å². The van der Waals surface area contributed by atoms with Crippen LogP contribution in [0.5, 0.6) is 0 Å². The molecule has 0 rings (SSSR count). The third-order valence-electron chi connectivity index (χ3n) is 1.20. The maximum atomic E-state index is 10.0. The first-order valence-electron chi connectivity index (χ1n) is 3.97. The van der Waals surface area contributed by atoms with Crippen LogP contribution in [0.4, 0.5) is 0 Å². The van der Waals surface area contributed by atoms with Gasteiger partial charge in [-0.15, -0.1) is 0 Å². The Morgan fingerprint density at radius 1 is 1.07 bits per heavy atom. The minimum absolute atomic E-state index is 0. The Bertz CT molecular complexity index is 135. The number of hydrogen-bond acceptors (Lipinski definition) is 5. The van der Waals surface area contributed by atoms with E-state index in [9.17, 15) is 8.76 Å². The fourth-order valence-corrected chi connectivity index (χ4v) is 0.845. The molecular weight excluding hydrogens is 219 g/mol. The van der Waals surface area contributed by atoms with Gasteiger partial charge in [0.05, 0.1) is 33.0 Å². The molecule has 80 valence electrons. The van der Waals surface area contributed by atoms with Crippen molar-refractivity contribution in [3.05, 3.63) is 0 Å². The molecule has 0 aliphatic heterocycles. The summed E-state index contributed by atoms with van der Waals surface area (Å²) in [5.74, 6) is 0.0398. The van der Waals surface area contributed by atoms with Gasteiger partial charge >= 0.3 is 29.6 Å². The Balaban J connectivity index is 0. The summed E-state index contributed by atoms with van der Waals surface area (Å²) in [6.07, 6.45) is 0. The van der Waals surface area contributed by atoms with E-state index in [1.165, 1.54) is 0 Å². The maximum Gasteiger partial charge on any atom is 1.00 e. The van der Waals surface area contributed by atoms with Crippen molar-refractivity contribution in [1.29, 1.82) is 0 Å². The molecule has 0 aliphatic carbocycles. The molecule has 0 aromatic rings. The van der Waals surface area contributed by atoms with E-state index >= 15 is 0 Å². The molecule has 5 nitrogen and oxygen atoms in total. The molecule has 7 heteroatoms. The Morgan fingerprint density at radius 3 is 2.07 bits per heavy atom. The van der Waals surface area contributed by atoms with Crippen molar-refractivity contribution in [1.82, 2.24) is 0 Å². The van der Waals surface area contributed by atoms with E-state index in [4.69, 9.17) is 14.2 Å². The van der Waals surface area contributed by atoms with Gasteiger partial charge in [0.2, 0.25) is 0 Å². The summed E-state index contributed by atoms with van der Waals surface area (Å²) >= 11 is -2.01. The van der Waals surface area contributed by atoms with Crippen LogP contribution in [0.15, 0.2) is 0 Å². The summed E-state index contributed by atoms with van der Waals surface area (Å²) in [5, 5.41) is 0. The quantitative estimate of drug-likeness (QED) is 0.236. The van der Waals surface area contributed by atoms with E-state index in [1.54, 1.807) is 7.11 Å². The molecule has 0 aromatic carbocycles. The summed E-state index contributed by atoms with van der Waals surface area (Å²) < 4.78 is 34.9. The smallest absolute Gasteiger partial charge is 0.772 e. The minimum atomic E-state index is -2.01. The van der Waals surface area contributed by atoms with Crippen molar-refractivity contribution < 1.29 is 52.5 Å². The van der Waals surface area contributed by atoms with Gasteiger partial charge in [0.15, 0.2) is 0 Å². The third-order valence-corrected chi connectivity index (χ3v) is 1.70. The number of methoxy groups -OCH3 is 1. The normalized spacial score (nSPS) is 12.1. The zero-order chi connectivity index (χ0) is 9.94. The van der Waals surface area contributed by atoms with Gasteiger partial charge in [-0.2, -0.15) is 0 Å². The molecule has 0 saturated carbocycles. The Morgan fingerprint density at radius 2 is 1.57 bits per heavy atom. The molecule has 0 heterocycles. The van der Waals surface area contributed by atoms with Crippen molar-refractivity contribution >= 4 is 11.1 Å². The maximum absolute atomic E-state index is 10.0. The molecule has 0 radical (unpaired) electrons. The van der Waals surface area contributed by atoms with E-state index in [1.807, 2.05) is 0 Å². The second-order valence-electron chi connectivity index (χ2n) is 2.23. The number of ether oxygens (including phenoxy) is 3. The molecular formula is C7H15NaO5S. The predicted molar refractivity (Wildman–Crippen MR) is 47.3 cm³/mol. The largest absolute Gasteiger partial charge is 1.00 e. The zero-order valence-electron chi connectivity index (χ0n) is 8.69. The molecule has 1 atom stereocenters. The number of rotatable bonds is 9. The minimum Gasteiger partial charge on any atom is -0.772 e. The van der Waals surface area contributed by atoms with Gasteiger partial charge in [-0.25, -0.2) is 0 Å². The first-order valence-corrected chi connectivity index (χ1v) is 5.22. The molecule has 0 saturated heterocycles. The van der Waals surface area contributed by atoms with Crippen molar-refractivity contribution in [2.75, 3.05) is 45.9 Å². The first kappa shape index (κ1) is 17.4. The van der Waals surface area contributed by atoms with Gasteiger partial charge < -0.3 is 18.8 Å². The van der Waals surface area contributed by atoms with Crippen molar-refractivity contribution in [3.63, 3.8) is 0 Å². The molecule has 0 fully saturated rings. The summed E-state index contributed by atoms with van der Waals surface area (Å²) in [6, 6.07) is 0. The van der Waals surface area contributed by atoms with Crippen LogP contribution in [0.25, 0.3) is 0 Å². The van der Waals surface area contributed by atoms with Crippen LogP contribution in [-0.2, 0) is 25.3 Å². The van der Waals surface area contributed by atoms with E-state index in [-0.39, 0.29) is 41.9 Å². The fraction of sp³-hybridized carbons (Fsp3) is 1.00. The van der Waals surface area contributed by atoms with Gasteiger partial charge in [-0.3, -0.25) is 4.21 Å². The molecule has 14 heavy (non-hydrogen) atoms. The summed E-state index contributed by atoms with van der Waals surface area (Å²) in [4.78, 5) is 0. The third kappa shape index (κ3) is 15.5. The second-order valence-corrected chi connectivity index (χ2v) is 3.24. The standard InChI is InChI=1S/C7H16O5S.Na/c1-10-2-3-11-4-5-12-6-7-13(8)9;/h2-7H2,1H3,(H,8,9);/q;+1/p-1. The summed E-state index contributed by atoms with van der Waals surface area (Å²) in [5.41, 5.74) is 0. The fourth-order valence-electron chi connectivity index (χ4n) is 0.591. The van der Waals surface area contributed by atoms with E-state index in [0.29, 0.717) is 26.4 Å². The topological polar surface area (TPSA) is 67.8 Å². The number of hydrogen-bond donors (Lipinski definition) is 0. The zero-order valence-corrected chi connectivity index (χ0v) is 11.5. The SMILES string of the molecule is COCCOCCOCCS(=O)[O-].[Na+]. The Hall–Kier alpha value is 0.990. The Labute approximate surface area is 109 Å². The van der Waals surface area contributed by atoms with E-state index in [0.717, 1.165) is 0 Å². The Kier molecular flexibility index (Phi) is 17.4. The van der Waals surface area contributed by atoms with Gasteiger partial charge in [0.25, 0.3) is 0 Å². The molecule has 0 amide bonds. The molecule has 0 N–H and O–H groups in total. The molecule has 0 aromatic heterocycles. The van der Waals surface area contributed by atoms with E-state index in [2.05, 4.69) is 0 Å². The van der Waals surface area contributed by atoms with Crippen molar-refractivity contribution in [2.24, 2.45) is 0 Å². The second kappa shape index (κ2) is 14.0. The summed E-state index contributed by atoms with van der Waals surface area (Å²) in [7, 11) is 1.60.